The Balaban J connectivity index is 1.99. The number of rotatable bonds is 6. The van der Waals surface area contributed by atoms with Crippen molar-refractivity contribution in [2.45, 2.75) is 38.1 Å². The first kappa shape index (κ1) is 15.0. The molecule has 0 aliphatic heterocycles. The van der Waals surface area contributed by atoms with E-state index in [4.69, 9.17) is 5.11 Å². The molecule has 4 N–H and O–H groups in total. The van der Waals surface area contributed by atoms with Gasteiger partial charge >= 0.3 is 5.97 Å². The van der Waals surface area contributed by atoms with Gasteiger partial charge in [-0.2, -0.15) is 0 Å². The Morgan fingerprint density at radius 3 is 2.62 bits per heavy atom. The average molecular weight is 294 g/mol. The summed E-state index contributed by atoms with van der Waals surface area (Å²) in [6, 6.07) is 0. The molecule has 2 rings (SSSR count). The number of nitrogens with zero attached hydrogens (tertiary/aromatic N) is 1. The van der Waals surface area contributed by atoms with Crippen LogP contribution in [0, 0.1) is 0 Å². The maximum atomic E-state index is 11.9. The smallest absolute Gasteiger partial charge is 0.353 e. The molecule has 0 spiro atoms. The van der Waals surface area contributed by atoms with Gasteiger partial charge in [0.05, 0.1) is 11.7 Å². The molecule has 114 valence electrons. The summed E-state index contributed by atoms with van der Waals surface area (Å²) in [6.07, 6.45) is 3.79. The van der Waals surface area contributed by atoms with Crippen LogP contribution in [0.3, 0.4) is 0 Å². The average Bonchev–Trinajstić information content (AvgIpc) is 2.83. The van der Waals surface area contributed by atoms with Crippen molar-refractivity contribution in [3.63, 3.8) is 0 Å². The lowest BCUT2D eigenvalue weighted by Gasteiger charge is -2.40. The quantitative estimate of drug-likeness (QED) is 0.593. The normalized spacial score (nSPS) is 15.9. The number of imidazole rings is 1. The molecule has 0 aromatic carbocycles. The van der Waals surface area contributed by atoms with Gasteiger partial charge in [0.25, 0.3) is 0 Å². The van der Waals surface area contributed by atoms with Crippen molar-refractivity contribution in [1.82, 2.24) is 20.6 Å². The van der Waals surface area contributed by atoms with Gasteiger partial charge in [0.1, 0.15) is 11.5 Å². The predicted molar refractivity (Wildman–Crippen MR) is 72.5 cm³/mol. The first-order valence-electron chi connectivity index (χ1n) is 6.77. The molecule has 0 bridgehead atoms. The molecule has 1 aliphatic rings. The van der Waals surface area contributed by atoms with E-state index in [0.29, 0.717) is 18.7 Å². The third kappa shape index (κ3) is 3.39. The predicted octanol–water partition coefficient (Wildman–Crippen LogP) is 0.130. The third-order valence-electron chi connectivity index (χ3n) is 3.57. The molecule has 0 saturated heterocycles. The molecule has 0 unspecified atom stereocenters. The summed E-state index contributed by atoms with van der Waals surface area (Å²) in [5, 5.41) is 14.4. The fourth-order valence-corrected chi connectivity index (χ4v) is 2.31. The van der Waals surface area contributed by atoms with Gasteiger partial charge in [-0.15, -0.1) is 0 Å². The lowest BCUT2D eigenvalue weighted by atomic mass is 9.76. The zero-order valence-electron chi connectivity index (χ0n) is 11.7. The summed E-state index contributed by atoms with van der Waals surface area (Å²) in [5.74, 6) is -0.991. The number of aromatic carboxylic acids is 1. The Morgan fingerprint density at radius 2 is 2.14 bits per heavy atom. The van der Waals surface area contributed by atoms with Gasteiger partial charge in [-0.05, 0) is 19.3 Å². The summed E-state index contributed by atoms with van der Waals surface area (Å²) in [7, 11) is 0. The van der Waals surface area contributed by atoms with Crippen LogP contribution in [0.15, 0.2) is 6.20 Å². The number of carboxylic acids is 1. The van der Waals surface area contributed by atoms with Crippen molar-refractivity contribution in [2.24, 2.45) is 0 Å². The number of aromatic amines is 1. The highest BCUT2D eigenvalue weighted by atomic mass is 16.4. The monoisotopic (exact) mass is 294 g/mol. The molecule has 1 aromatic rings. The Morgan fingerprint density at radius 1 is 1.43 bits per heavy atom. The van der Waals surface area contributed by atoms with Gasteiger partial charge in [-0.3, -0.25) is 9.59 Å². The SMILES string of the molecule is CC(=O)NCCC(=O)NC1(c2ncc(C(=O)O)[nH]2)CCC1. The van der Waals surface area contributed by atoms with Gasteiger partial charge in [0.15, 0.2) is 0 Å². The maximum absolute atomic E-state index is 11.9. The van der Waals surface area contributed by atoms with Gasteiger partial charge < -0.3 is 20.7 Å². The zero-order valence-corrected chi connectivity index (χ0v) is 11.7. The third-order valence-corrected chi connectivity index (χ3v) is 3.57. The van der Waals surface area contributed by atoms with Gasteiger partial charge in [-0.1, -0.05) is 0 Å². The van der Waals surface area contributed by atoms with E-state index >= 15 is 0 Å². The fraction of sp³-hybridized carbons (Fsp3) is 0.538. The van der Waals surface area contributed by atoms with E-state index in [9.17, 15) is 14.4 Å². The van der Waals surface area contributed by atoms with Crippen LogP contribution in [0.1, 0.15) is 48.9 Å². The van der Waals surface area contributed by atoms with Gasteiger partial charge in [0, 0.05) is 19.9 Å². The lowest BCUT2D eigenvalue weighted by Crippen LogP contribution is -2.52. The summed E-state index contributed by atoms with van der Waals surface area (Å²) < 4.78 is 0. The Bertz CT molecular complexity index is 562. The van der Waals surface area contributed by atoms with Crippen molar-refractivity contribution in [3.8, 4) is 0 Å². The molecule has 1 saturated carbocycles. The van der Waals surface area contributed by atoms with E-state index in [-0.39, 0.29) is 30.5 Å². The van der Waals surface area contributed by atoms with Crippen LogP contribution in [0.5, 0.6) is 0 Å². The fourth-order valence-electron chi connectivity index (χ4n) is 2.31. The number of carboxylic acid groups (broad SMARTS) is 1. The van der Waals surface area contributed by atoms with Crippen LogP contribution in [0.2, 0.25) is 0 Å². The lowest BCUT2D eigenvalue weighted by molar-refractivity contribution is -0.124. The number of carbonyl (C=O) groups is 3. The first-order valence-corrected chi connectivity index (χ1v) is 6.77. The van der Waals surface area contributed by atoms with Crippen LogP contribution in [0.25, 0.3) is 0 Å². The molecule has 1 aromatic heterocycles. The number of amides is 2. The Kier molecular flexibility index (Phi) is 4.25. The number of hydrogen-bond acceptors (Lipinski definition) is 4. The molecule has 8 nitrogen and oxygen atoms in total. The Hall–Kier alpha value is -2.38. The number of aromatic nitrogens is 2. The molecule has 0 atom stereocenters. The molecule has 0 radical (unpaired) electrons. The minimum Gasteiger partial charge on any atom is -0.477 e. The molecule has 2 amide bonds. The van der Waals surface area contributed by atoms with E-state index in [1.165, 1.54) is 13.1 Å². The van der Waals surface area contributed by atoms with Gasteiger partial charge in [0.2, 0.25) is 11.8 Å². The largest absolute Gasteiger partial charge is 0.477 e. The molecular weight excluding hydrogens is 276 g/mol. The van der Waals surface area contributed by atoms with Crippen LogP contribution in [-0.2, 0) is 15.1 Å². The molecule has 8 heteroatoms. The Labute approximate surface area is 121 Å². The number of H-pyrrole nitrogens is 1. The number of carbonyl (C=O) groups excluding carboxylic acids is 2. The van der Waals surface area contributed by atoms with Gasteiger partial charge in [-0.25, -0.2) is 9.78 Å². The van der Waals surface area contributed by atoms with E-state index < -0.39 is 11.5 Å². The van der Waals surface area contributed by atoms with Crippen LogP contribution < -0.4 is 10.6 Å². The second kappa shape index (κ2) is 5.94. The molecule has 1 aliphatic carbocycles. The zero-order chi connectivity index (χ0) is 15.5. The van der Waals surface area contributed by atoms with Crippen molar-refractivity contribution in [3.05, 3.63) is 17.7 Å². The molecular formula is C13H18N4O4. The minimum atomic E-state index is -1.08. The summed E-state index contributed by atoms with van der Waals surface area (Å²) in [5.41, 5.74) is -0.607. The van der Waals surface area contributed by atoms with E-state index in [2.05, 4.69) is 20.6 Å². The van der Waals surface area contributed by atoms with E-state index in [0.717, 1.165) is 6.42 Å². The first-order chi connectivity index (χ1) is 9.93. The summed E-state index contributed by atoms with van der Waals surface area (Å²) in [6.45, 7) is 1.66. The van der Waals surface area contributed by atoms with Crippen molar-refractivity contribution in [1.29, 1.82) is 0 Å². The standard InChI is InChI=1S/C13H18N4O4/c1-8(18)14-6-3-10(19)17-13(4-2-5-13)12-15-7-9(16-12)11(20)21/h7H,2-6H2,1H3,(H,14,18)(H,15,16)(H,17,19)(H,20,21). The second-order valence-electron chi connectivity index (χ2n) is 5.17. The summed E-state index contributed by atoms with van der Waals surface area (Å²) >= 11 is 0. The number of nitrogens with one attached hydrogen (secondary N) is 3. The molecule has 1 heterocycles. The van der Waals surface area contributed by atoms with Crippen molar-refractivity contribution in [2.75, 3.05) is 6.54 Å². The molecule has 21 heavy (non-hydrogen) atoms. The van der Waals surface area contributed by atoms with E-state index in [1.807, 2.05) is 0 Å². The summed E-state index contributed by atoms with van der Waals surface area (Å²) in [4.78, 5) is 40.4. The number of hydrogen-bond donors (Lipinski definition) is 4. The van der Waals surface area contributed by atoms with Crippen molar-refractivity contribution >= 4 is 17.8 Å². The van der Waals surface area contributed by atoms with Crippen LogP contribution in [0.4, 0.5) is 0 Å². The highest BCUT2D eigenvalue weighted by molar-refractivity contribution is 5.85. The van der Waals surface area contributed by atoms with Crippen LogP contribution >= 0.6 is 0 Å². The highest BCUT2D eigenvalue weighted by Crippen LogP contribution is 2.39. The van der Waals surface area contributed by atoms with Crippen molar-refractivity contribution < 1.29 is 19.5 Å². The van der Waals surface area contributed by atoms with Crippen LogP contribution in [-0.4, -0.2) is 39.4 Å². The second-order valence-corrected chi connectivity index (χ2v) is 5.17. The topological polar surface area (TPSA) is 124 Å². The minimum absolute atomic E-state index is 0.00349. The molecule has 1 fully saturated rings. The highest BCUT2D eigenvalue weighted by Gasteiger charge is 2.42. The maximum Gasteiger partial charge on any atom is 0.353 e. The van der Waals surface area contributed by atoms with E-state index in [1.54, 1.807) is 0 Å².